The first-order valence-corrected chi connectivity index (χ1v) is 7.65. The van der Waals surface area contributed by atoms with E-state index in [2.05, 4.69) is 13.5 Å². The summed E-state index contributed by atoms with van der Waals surface area (Å²) in [5.74, 6) is -0.456. The van der Waals surface area contributed by atoms with Gasteiger partial charge < -0.3 is 9.47 Å². The van der Waals surface area contributed by atoms with E-state index in [-0.39, 0.29) is 11.9 Å². The van der Waals surface area contributed by atoms with Gasteiger partial charge in [0.25, 0.3) is 0 Å². The Morgan fingerprint density at radius 2 is 1.50 bits per heavy atom. The highest BCUT2D eigenvalue weighted by molar-refractivity contribution is 5.81. The second-order valence-corrected chi connectivity index (χ2v) is 4.82. The first-order chi connectivity index (χ1) is 9.70. The summed E-state index contributed by atoms with van der Waals surface area (Å²) in [6, 6.07) is 0. The van der Waals surface area contributed by atoms with Crippen molar-refractivity contribution in [3.05, 3.63) is 12.7 Å². The third-order valence-electron chi connectivity index (χ3n) is 2.95. The van der Waals surface area contributed by atoms with Gasteiger partial charge in [-0.2, -0.15) is 0 Å². The molecule has 0 aromatic carbocycles. The van der Waals surface area contributed by atoms with E-state index in [1.165, 1.54) is 18.9 Å². The fourth-order valence-corrected chi connectivity index (χ4v) is 1.74. The molecule has 0 aliphatic rings. The normalized spacial score (nSPS) is 10.1. The molecule has 4 heteroatoms. The van der Waals surface area contributed by atoms with Crippen LogP contribution in [0, 0.1) is 0 Å². The van der Waals surface area contributed by atoms with Gasteiger partial charge in [-0.15, -0.1) is 0 Å². The van der Waals surface area contributed by atoms with Gasteiger partial charge in [0.15, 0.2) is 0 Å². The van der Waals surface area contributed by atoms with Crippen LogP contribution in [0.1, 0.15) is 64.7 Å². The molecule has 4 nitrogen and oxygen atoms in total. The standard InChI is InChI=1S/C16H28O4/c1-3-5-6-9-12-16(18)20-14-11-8-7-10-13-19-15(17)4-2/h4H,2-3,5-14H2,1H3. The number of ether oxygens (including phenoxy) is 2. The number of rotatable bonds is 13. The van der Waals surface area contributed by atoms with Crippen LogP contribution < -0.4 is 0 Å². The molecule has 0 amide bonds. The van der Waals surface area contributed by atoms with Crippen molar-refractivity contribution in [2.75, 3.05) is 13.2 Å². The second-order valence-electron chi connectivity index (χ2n) is 4.82. The number of unbranched alkanes of at least 4 members (excludes halogenated alkanes) is 6. The Morgan fingerprint density at radius 1 is 0.900 bits per heavy atom. The molecule has 0 aromatic rings. The van der Waals surface area contributed by atoms with Crippen LogP contribution in [0.2, 0.25) is 0 Å². The van der Waals surface area contributed by atoms with E-state index in [4.69, 9.17) is 9.47 Å². The number of carbonyl (C=O) groups excluding carboxylic acids is 2. The highest BCUT2D eigenvalue weighted by Crippen LogP contribution is 2.05. The molecular formula is C16H28O4. The van der Waals surface area contributed by atoms with Gasteiger partial charge in [-0.25, -0.2) is 4.79 Å². The van der Waals surface area contributed by atoms with Gasteiger partial charge in [0.2, 0.25) is 0 Å². The number of hydrogen-bond acceptors (Lipinski definition) is 4. The third kappa shape index (κ3) is 13.1. The van der Waals surface area contributed by atoms with E-state index in [9.17, 15) is 9.59 Å². The Morgan fingerprint density at radius 3 is 2.10 bits per heavy atom. The summed E-state index contributed by atoms with van der Waals surface area (Å²) >= 11 is 0. The first-order valence-electron chi connectivity index (χ1n) is 7.65. The van der Waals surface area contributed by atoms with E-state index in [1.807, 2.05) is 0 Å². The molecule has 0 bridgehead atoms. The van der Waals surface area contributed by atoms with Gasteiger partial charge in [0.05, 0.1) is 13.2 Å². The lowest BCUT2D eigenvalue weighted by atomic mass is 10.1. The Labute approximate surface area is 122 Å². The Hall–Kier alpha value is -1.32. The predicted molar refractivity (Wildman–Crippen MR) is 79.3 cm³/mol. The smallest absolute Gasteiger partial charge is 0.330 e. The van der Waals surface area contributed by atoms with Crippen molar-refractivity contribution in [3.63, 3.8) is 0 Å². The van der Waals surface area contributed by atoms with Crippen LogP contribution in [-0.2, 0) is 19.1 Å². The van der Waals surface area contributed by atoms with Crippen LogP contribution in [0.5, 0.6) is 0 Å². The lowest BCUT2D eigenvalue weighted by molar-refractivity contribution is -0.144. The molecule has 20 heavy (non-hydrogen) atoms. The van der Waals surface area contributed by atoms with E-state index < -0.39 is 0 Å². The highest BCUT2D eigenvalue weighted by atomic mass is 16.5. The molecular weight excluding hydrogens is 256 g/mol. The number of esters is 2. The van der Waals surface area contributed by atoms with E-state index in [0.717, 1.165) is 38.5 Å². The van der Waals surface area contributed by atoms with Crippen LogP contribution in [-0.4, -0.2) is 25.2 Å². The van der Waals surface area contributed by atoms with Gasteiger partial charge in [-0.3, -0.25) is 4.79 Å². The minimum atomic E-state index is -0.373. The monoisotopic (exact) mass is 284 g/mol. The Bertz CT molecular complexity index is 274. The van der Waals surface area contributed by atoms with Gasteiger partial charge >= 0.3 is 11.9 Å². The molecule has 0 spiro atoms. The molecule has 0 heterocycles. The lowest BCUT2D eigenvalue weighted by Crippen LogP contribution is -2.06. The molecule has 0 atom stereocenters. The molecule has 0 radical (unpaired) electrons. The van der Waals surface area contributed by atoms with Crippen molar-refractivity contribution >= 4 is 11.9 Å². The molecule has 0 aromatic heterocycles. The molecule has 0 fully saturated rings. The maximum Gasteiger partial charge on any atom is 0.330 e. The second kappa shape index (κ2) is 14.1. The van der Waals surface area contributed by atoms with Crippen molar-refractivity contribution in [2.45, 2.75) is 64.7 Å². The summed E-state index contributed by atoms with van der Waals surface area (Å²) < 4.78 is 10.0. The van der Waals surface area contributed by atoms with Gasteiger partial charge in [0.1, 0.15) is 0 Å². The van der Waals surface area contributed by atoms with Crippen LogP contribution in [0.4, 0.5) is 0 Å². The summed E-state index contributed by atoms with van der Waals surface area (Å²) in [4.78, 5) is 22.1. The van der Waals surface area contributed by atoms with E-state index in [0.29, 0.717) is 19.6 Å². The predicted octanol–water partition coefficient (Wildman–Crippen LogP) is 3.79. The summed E-state index contributed by atoms with van der Waals surface area (Å²) in [6.45, 7) is 6.41. The summed E-state index contributed by atoms with van der Waals surface area (Å²) in [6.07, 6.45) is 9.77. The quantitative estimate of drug-likeness (QED) is 0.293. The number of hydrogen-bond donors (Lipinski definition) is 0. The van der Waals surface area contributed by atoms with Gasteiger partial charge in [-0.05, 0) is 32.1 Å². The van der Waals surface area contributed by atoms with Gasteiger partial charge in [0, 0.05) is 12.5 Å². The van der Waals surface area contributed by atoms with Crippen LogP contribution in [0.3, 0.4) is 0 Å². The van der Waals surface area contributed by atoms with E-state index >= 15 is 0 Å². The van der Waals surface area contributed by atoms with Crippen molar-refractivity contribution in [1.29, 1.82) is 0 Å². The van der Waals surface area contributed by atoms with Crippen molar-refractivity contribution in [2.24, 2.45) is 0 Å². The fourth-order valence-electron chi connectivity index (χ4n) is 1.74. The molecule has 0 unspecified atom stereocenters. The van der Waals surface area contributed by atoms with Crippen LogP contribution in [0.25, 0.3) is 0 Å². The average molecular weight is 284 g/mol. The summed E-state index contributed by atoms with van der Waals surface area (Å²) in [7, 11) is 0. The molecule has 0 saturated heterocycles. The SMILES string of the molecule is C=CC(=O)OCCCCCCOC(=O)CCCCCC. The largest absolute Gasteiger partial charge is 0.466 e. The summed E-state index contributed by atoms with van der Waals surface area (Å²) in [5, 5.41) is 0. The zero-order valence-electron chi connectivity index (χ0n) is 12.7. The molecule has 0 rings (SSSR count). The average Bonchev–Trinajstić information content (AvgIpc) is 2.46. The molecule has 0 aliphatic heterocycles. The van der Waals surface area contributed by atoms with Gasteiger partial charge in [-0.1, -0.05) is 32.8 Å². The zero-order chi connectivity index (χ0) is 15.1. The minimum absolute atomic E-state index is 0.0824. The fraction of sp³-hybridized carbons (Fsp3) is 0.750. The number of carbonyl (C=O) groups is 2. The Kier molecular flexibility index (Phi) is 13.2. The molecule has 116 valence electrons. The molecule has 0 aliphatic carbocycles. The highest BCUT2D eigenvalue weighted by Gasteiger charge is 2.02. The van der Waals surface area contributed by atoms with Crippen molar-refractivity contribution in [1.82, 2.24) is 0 Å². The third-order valence-corrected chi connectivity index (χ3v) is 2.95. The van der Waals surface area contributed by atoms with Crippen LogP contribution >= 0.6 is 0 Å². The minimum Gasteiger partial charge on any atom is -0.466 e. The molecule has 0 saturated carbocycles. The maximum absolute atomic E-state index is 11.4. The maximum atomic E-state index is 11.4. The first kappa shape index (κ1) is 18.7. The van der Waals surface area contributed by atoms with Crippen LogP contribution in [0.15, 0.2) is 12.7 Å². The van der Waals surface area contributed by atoms with Crippen molar-refractivity contribution in [3.8, 4) is 0 Å². The Balaban J connectivity index is 3.21. The lowest BCUT2D eigenvalue weighted by Gasteiger charge is -2.05. The molecule has 0 N–H and O–H groups in total. The zero-order valence-corrected chi connectivity index (χ0v) is 12.7. The van der Waals surface area contributed by atoms with Crippen molar-refractivity contribution < 1.29 is 19.1 Å². The topological polar surface area (TPSA) is 52.6 Å². The van der Waals surface area contributed by atoms with E-state index in [1.54, 1.807) is 0 Å². The summed E-state index contributed by atoms with van der Waals surface area (Å²) in [5.41, 5.74) is 0.